The standard InChI is InChI=1S/C17H28N2O/c1-3-5-12-19(13-6-4-2)17-9-7-16(8-10-17)15-18-11-14-20/h7-10,15,20H,3-6,11-14H2,1-2H3. The van der Waals surface area contributed by atoms with E-state index in [0.29, 0.717) is 6.54 Å². The molecule has 0 unspecified atom stereocenters. The number of benzene rings is 1. The molecule has 1 rings (SSSR count). The fourth-order valence-corrected chi connectivity index (χ4v) is 2.07. The summed E-state index contributed by atoms with van der Waals surface area (Å²) in [4.78, 5) is 6.62. The van der Waals surface area contributed by atoms with Crippen molar-refractivity contribution < 1.29 is 5.11 Å². The van der Waals surface area contributed by atoms with Crippen LogP contribution in [-0.4, -0.2) is 37.6 Å². The summed E-state index contributed by atoms with van der Waals surface area (Å²) in [6.07, 6.45) is 6.76. The fraction of sp³-hybridized carbons (Fsp3) is 0.588. The molecule has 0 aliphatic heterocycles. The Kier molecular flexibility index (Phi) is 8.72. The lowest BCUT2D eigenvalue weighted by atomic mass is 10.2. The summed E-state index contributed by atoms with van der Waals surface area (Å²) in [5.41, 5.74) is 2.39. The lowest BCUT2D eigenvalue weighted by Crippen LogP contribution is -2.25. The Balaban J connectivity index is 2.65. The van der Waals surface area contributed by atoms with E-state index in [4.69, 9.17) is 5.11 Å². The van der Waals surface area contributed by atoms with Crippen molar-refractivity contribution in [3.8, 4) is 0 Å². The number of aliphatic hydroxyl groups is 1. The van der Waals surface area contributed by atoms with Gasteiger partial charge in [-0.2, -0.15) is 0 Å². The van der Waals surface area contributed by atoms with Gasteiger partial charge in [-0.3, -0.25) is 4.99 Å². The van der Waals surface area contributed by atoms with E-state index in [9.17, 15) is 0 Å². The summed E-state index contributed by atoms with van der Waals surface area (Å²) < 4.78 is 0. The van der Waals surface area contributed by atoms with Gasteiger partial charge >= 0.3 is 0 Å². The van der Waals surface area contributed by atoms with E-state index >= 15 is 0 Å². The molecule has 0 atom stereocenters. The van der Waals surface area contributed by atoms with Crippen LogP contribution in [0.15, 0.2) is 29.3 Å². The molecule has 0 bridgehead atoms. The quantitative estimate of drug-likeness (QED) is 0.664. The number of unbranched alkanes of at least 4 members (excludes halogenated alkanes) is 2. The molecule has 0 amide bonds. The number of hydrogen-bond acceptors (Lipinski definition) is 3. The first-order valence-corrected chi connectivity index (χ1v) is 7.77. The summed E-state index contributed by atoms with van der Waals surface area (Å²) in [5, 5.41) is 8.71. The normalized spacial score (nSPS) is 11.2. The number of anilines is 1. The monoisotopic (exact) mass is 276 g/mol. The van der Waals surface area contributed by atoms with Crippen LogP contribution in [0.1, 0.15) is 45.1 Å². The maximum Gasteiger partial charge on any atom is 0.0626 e. The molecule has 0 aromatic heterocycles. The van der Waals surface area contributed by atoms with E-state index in [2.05, 4.69) is 48.0 Å². The third-order valence-electron chi connectivity index (χ3n) is 3.29. The maximum absolute atomic E-state index is 8.71. The van der Waals surface area contributed by atoms with Gasteiger partial charge in [-0.15, -0.1) is 0 Å². The van der Waals surface area contributed by atoms with Crippen LogP contribution in [0.3, 0.4) is 0 Å². The minimum atomic E-state index is 0.108. The molecule has 1 aromatic rings. The fourth-order valence-electron chi connectivity index (χ4n) is 2.07. The van der Waals surface area contributed by atoms with Crippen molar-refractivity contribution in [2.24, 2.45) is 4.99 Å². The van der Waals surface area contributed by atoms with Gasteiger partial charge in [0.05, 0.1) is 13.2 Å². The second kappa shape index (κ2) is 10.4. The van der Waals surface area contributed by atoms with Crippen LogP contribution in [0.5, 0.6) is 0 Å². The number of aliphatic imine (C=N–C) groups is 1. The number of nitrogens with zero attached hydrogens (tertiary/aromatic N) is 2. The van der Waals surface area contributed by atoms with Crippen molar-refractivity contribution in [1.29, 1.82) is 0 Å². The van der Waals surface area contributed by atoms with Gasteiger partial charge in [0.1, 0.15) is 0 Å². The molecular weight excluding hydrogens is 248 g/mol. The Morgan fingerprint density at radius 1 is 1.05 bits per heavy atom. The van der Waals surface area contributed by atoms with Crippen LogP contribution < -0.4 is 4.90 Å². The Morgan fingerprint density at radius 3 is 2.15 bits per heavy atom. The molecule has 0 saturated carbocycles. The Morgan fingerprint density at radius 2 is 1.65 bits per heavy atom. The van der Waals surface area contributed by atoms with Crippen molar-refractivity contribution in [2.75, 3.05) is 31.1 Å². The van der Waals surface area contributed by atoms with Crippen LogP contribution in [-0.2, 0) is 0 Å². The first kappa shape index (κ1) is 16.7. The Hall–Kier alpha value is -1.35. The number of hydrogen-bond donors (Lipinski definition) is 1. The van der Waals surface area contributed by atoms with Gasteiger partial charge in [-0.05, 0) is 30.5 Å². The summed E-state index contributed by atoms with van der Waals surface area (Å²) in [5.74, 6) is 0. The molecule has 3 heteroatoms. The second-order valence-corrected chi connectivity index (χ2v) is 5.04. The molecule has 20 heavy (non-hydrogen) atoms. The van der Waals surface area contributed by atoms with Crippen LogP contribution in [0, 0.1) is 0 Å². The molecule has 112 valence electrons. The minimum Gasteiger partial charge on any atom is -0.394 e. The van der Waals surface area contributed by atoms with Crippen molar-refractivity contribution in [2.45, 2.75) is 39.5 Å². The van der Waals surface area contributed by atoms with Crippen molar-refractivity contribution >= 4 is 11.9 Å². The molecule has 0 radical (unpaired) electrons. The Bertz CT molecular complexity index is 365. The highest BCUT2D eigenvalue weighted by atomic mass is 16.3. The molecule has 0 aliphatic rings. The largest absolute Gasteiger partial charge is 0.394 e. The topological polar surface area (TPSA) is 35.8 Å². The smallest absolute Gasteiger partial charge is 0.0626 e. The van der Waals surface area contributed by atoms with E-state index < -0.39 is 0 Å². The highest BCUT2D eigenvalue weighted by molar-refractivity contribution is 5.80. The van der Waals surface area contributed by atoms with Crippen molar-refractivity contribution in [3.05, 3.63) is 29.8 Å². The van der Waals surface area contributed by atoms with Crippen LogP contribution in [0.4, 0.5) is 5.69 Å². The van der Waals surface area contributed by atoms with Gasteiger partial charge in [0.25, 0.3) is 0 Å². The Labute approximate surface area is 123 Å². The minimum absolute atomic E-state index is 0.108. The summed E-state index contributed by atoms with van der Waals surface area (Å²) in [6.45, 7) is 7.32. The molecule has 1 aromatic carbocycles. The SMILES string of the molecule is CCCCN(CCCC)c1ccc(C=NCCO)cc1. The second-order valence-electron chi connectivity index (χ2n) is 5.04. The first-order chi connectivity index (χ1) is 9.81. The predicted octanol–water partition coefficient (Wildman–Crippen LogP) is 3.50. The average molecular weight is 276 g/mol. The van der Waals surface area contributed by atoms with Gasteiger partial charge in [-0.25, -0.2) is 0 Å². The summed E-state index contributed by atoms with van der Waals surface area (Å²) in [7, 11) is 0. The first-order valence-electron chi connectivity index (χ1n) is 7.77. The van der Waals surface area contributed by atoms with E-state index in [0.717, 1.165) is 18.7 Å². The zero-order valence-corrected chi connectivity index (χ0v) is 12.9. The van der Waals surface area contributed by atoms with E-state index in [-0.39, 0.29) is 6.61 Å². The molecule has 0 aliphatic carbocycles. The zero-order chi connectivity index (χ0) is 14.6. The van der Waals surface area contributed by atoms with Crippen LogP contribution in [0.2, 0.25) is 0 Å². The van der Waals surface area contributed by atoms with E-state index in [1.807, 2.05) is 6.21 Å². The van der Waals surface area contributed by atoms with Gasteiger partial charge in [0.2, 0.25) is 0 Å². The third-order valence-corrected chi connectivity index (χ3v) is 3.29. The van der Waals surface area contributed by atoms with Gasteiger partial charge in [-0.1, -0.05) is 38.8 Å². The van der Waals surface area contributed by atoms with Crippen LogP contribution in [0.25, 0.3) is 0 Å². The average Bonchev–Trinajstić information content (AvgIpc) is 2.49. The molecule has 0 heterocycles. The van der Waals surface area contributed by atoms with Crippen molar-refractivity contribution in [3.63, 3.8) is 0 Å². The third kappa shape index (κ3) is 6.20. The lowest BCUT2D eigenvalue weighted by Gasteiger charge is -2.24. The van der Waals surface area contributed by atoms with Crippen LogP contribution >= 0.6 is 0 Å². The molecular formula is C17H28N2O. The van der Waals surface area contributed by atoms with Gasteiger partial charge in [0.15, 0.2) is 0 Å². The summed E-state index contributed by atoms with van der Waals surface area (Å²) >= 11 is 0. The summed E-state index contributed by atoms with van der Waals surface area (Å²) in [6, 6.07) is 8.54. The highest BCUT2D eigenvalue weighted by Crippen LogP contribution is 2.16. The molecule has 1 N–H and O–H groups in total. The molecule has 3 nitrogen and oxygen atoms in total. The molecule has 0 spiro atoms. The maximum atomic E-state index is 8.71. The van der Waals surface area contributed by atoms with Crippen molar-refractivity contribution in [1.82, 2.24) is 0 Å². The number of rotatable bonds is 10. The lowest BCUT2D eigenvalue weighted by molar-refractivity contribution is 0.307. The molecule has 0 fully saturated rings. The van der Waals surface area contributed by atoms with E-state index in [1.54, 1.807) is 0 Å². The van der Waals surface area contributed by atoms with E-state index in [1.165, 1.54) is 31.4 Å². The number of aliphatic hydroxyl groups excluding tert-OH is 1. The zero-order valence-electron chi connectivity index (χ0n) is 12.9. The molecule has 0 saturated heterocycles. The highest BCUT2D eigenvalue weighted by Gasteiger charge is 2.05. The van der Waals surface area contributed by atoms with Gasteiger partial charge < -0.3 is 10.0 Å². The van der Waals surface area contributed by atoms with Gasteiger partial charge in [0, 0.05) is 25.0 Å². The predicted molar refractivity (Wildman–Crippen MR) is 88.0 cm³/mol.